The number of benzene rings is 6. The lowest BCUT2D eigenvalue weighted by atomic mass is 10.1. The molecule has 73 heavy (non-hydrogen) atoms. The predicted molar refractivity (Wildman–Crippen MR) is 274 cm³/mol. The molecule has 0 atom stereocenters. The Bertz CT molecular complexity index is 2830. The van der Waals surface area contributed by atoms with Gasteiger partial charge in [0.2, 0.25) is 0 Å². The van der Waals surface area contributed by atoms with E-state index in [9.17, 15) is 28.8 Å². The van der Waals surface area contributed by atoms with Crippen LogP contribution in [0.3, 0.4) is 0 Å². The van der Waals surface area contributed by atoms with E-state index in [1.165, 1.54) is 24.3 Å². The minimum Gasteiger partial charge on any atom is -0.494 e. The van der Waals surface area contributed by atoms with Crippen LogP contribution in [0.2, 0.25) is 0 Å². The Balaban J connectivity index is 0.000000272. The molecular formula is C59H58O14. The van der Waals surface area contributed by atoms with Crippen molar-refractivity contribution in [3.63, 3.8) is 0 Å². The fourth-order valence-electron chi connectivity index (χ4n) is 6.63. The summed E-state index contributed by atoms with van der Waals surface area (Å²) in [6.07, 6.45) is 6.35. The van der Waals surface area contributed by atoms with Gasteiger partial charge in [-0.25, -0.2) is 28.8 Å². The van der Waals surface area contributed by atoms with Crippen LogP contribution in [0.25, 0.3) is 0 Å². The maximum atomic E-state index is 12.5. The van der Waals surface area contributed by atoms with E-state index in [-0.39, 0.29) is 6.61 Å². The minimum atomic E-state index is -0.543. The van der Waals surface area contributed by atoms with Gasteiger partial charge in [0.05, 0.1) is 48.7 Å². The first-order valence-corrected chi connectivity index (χ1v) is 23.5. The fraction of sp³-hybridized carbons (Fsp3) is 0.220. The maximum Gasteiger partial charge on any atom is 0.343 e. The van der Waals surface area contributed by atoms with Gasteiger partial charge in [-0.15, -0.1) is 0 Å². The van der Waals surface area contributed by atoms with Crippen LogP contribution < -0.4 is 28.4 Å². The number of esters is 6. The molecule has 0 heterocycles. The zero-order valence-electron chi connectivity index (χ0n) is 41.4. The SMILES string of the molecule is C=CC(=O)OCCCCCCOc1ccc(C(=O)Oc2ccc(C(=O)Oc3ccc(C)cc3C)cc2)cc1.C=CC(=O)OCCCOc1ccc(C(=O)Oc2ccc(C(=O)Oc3ccc(C)cc3C)cc2)cc1. The molecule has 0 aliphatic heterocycles. The lowest BCUT2D eigenvalue weighted by Crippen LogP contribution is -2.11. The van der Waals surface area contributed by atoms with Gasteiger partial charge in [-0.05, 0) is 174 Å². The van der Waals surface area contributed by atoms with Gasteiger partial charge in [-0.1, -0.05) is 48.6 Å². The van der Waals surface area contributed by atoms with Gasteiger partial charge in [-0.2, -0.15) is 0 Å². The second-order valence-electron chi connectivity index (χ2n) is 16.4. The molecule has 0 saturated carbocycles. The van der Waals surface area contributed by atoms with Gasteiger partial charge >= 0.3 is 35.8 Å². The second-order valence-corrected chi connectivity index (χ2v) is 16.4. The zero-order chi connectivity index (χ0) is 52.5. The molecule has 0 aliphatic rings. The Labute approximate surface area is 425 Å². The van der Waals surface area contributed by atoms with Crippen molar-refractivity contribution in [2.45, 2.75) is 59.8 Å². The van der Waals surface area contributed by atoms with Gasteiger partial charge in [-0.3, -0.25) is 0 Å². The van der Waals surface area contributed by atoms with E-state index in [0.717, 1.165) is 60.1 Å². The summed E-state index contributed by atoms with van der Waals surface area (Å²) in [4.78, 5) is 71.8. The standard InChI is InChI=1S/C31H32O7.C28H26O7/c1-4-29(32)36-20-8-6-5-7-19-35-26-14-10-24(11-15-26)30(33)37-27-16-12-25(13-17-27)31(34)38-28-18-9-22(2)21-23(28)3;1-4-26(29)33-17-5-16-32-23-11-7-21(8-12-23)27(30)34-24-13-9-22(10-14-24)28(31)35-25-15-6-19(2)18-20(25)3/h4,9-18,21H,1,5-8,19-20H2,2-3H3;4,6-15,18H,1,5,16-17H2,2-3H3. The molecule has 0 N–H and O–H groups in total. The number of rotatable bonds is 23. The highest BCUT2D eigenvalue weighted by Gasteiger charge is 2.15. The van der Waals surface area contributed by atoms with Crippen LogP contribution in [0.15, 0.2) is 159 Å². The monoisotopic (exact) mass is 990 g/mol. The number of carbonyl (C=O) groups is 6. The third-order valence-corrected chi connectivity index (χ3v) is 10.5. The second kappa shape index (κ2) is 28.8. The molecule has 0 saturated heterocycles. The van der Waals surface area contributed by atoms with E-state index >= 15 is 0 Å². The Morgan fingerprint density at radius 2 is 0.685 bits per heavy atom. The first-order chi connectivity index (χ1) is 35.2. The molecule has 0 spiro atoms. The summed E-state index contributed by atoms with van der Waals surface area (Å²) < 4.78 is 42.8. The quantitative estimate of drug-likeness (QED) is 0.0256. The molecule has 0 amide bonds. The molecule has 0 aliphatic carbocycles. The van der Waals surface area contributed by atoms with Gasteiger partial charge in [0.15, 0.2) is 0 Å². The zero-order valence-corrected chi connectivity index (χ0v) is 41.4. The molecule has 6 aromatic rings. The van der Waals surface area contributed by atoms with Crippen molar-refractivity contribution >= 4 is 35.8 Å². The summed E-state index contributed by atoms with van der Waals surface area (Å²) in [7, 11) is 0. The van der Waals surface area contributed by atoms with Crippen molar-refractivity contribution in [1.29, 1.82) is 0 Å². The van der Waals surface area contributed by atoms with E-state index < -0.39 is 35.8 Å². The summed E-state index contributed by atoms with van der Waals surface area (Å²) in [6.45, 7) is 15.9. The van der Waals surface area contributed by atoms with E-state index in [4.69, 9.17) is 37.9 Å². The summed E-state index contributed by atoms with van der Waals surface area (Å²) in [6, 6.07) is 36.7. The van der Waals surface area contributed by atoms with E-state index in [2.05, 4.69) is 13.2 Å². The number of hydrogen-bond donors (Lipinski definition) is 0. The van der Waals surface area contributed by atoms with E-state index in [1.807, 2.05) is 52.0 Å². The molecular weight excluding hydrogens is 933 g/mol. The third kappa shape index (κ3) is 18.8. The Morgan fingerprint density at radius 3 is 1.04 bits per heavy atom. The maximum absolute atomic E-state index is 12.5. The van der Waals surface area contributed by atoms with Crippen LogP contribution in [0.1, 0.15) is 95.8 Å². The highest BCUT2D eigenvalue weighted by Crippen LogP contribution is 2.24. The normalized spacial score (nSPS) is 10.3. The van der Waals surface area contributed by atoms with Crippen LogP contribution in [-0.4, -0.2) is 62.2 Å². The summed E-state index contributed by atoms with van der Waals surface area (Å²) in [5, 5.41) is 0. The van der Waals surface area contributed by atoms with Gasteiger partial charge in [0.25, 0.3) is 0 Å². The summed E-state index contributed by atoms with van der Waals surface area (Å²) >= 11 is 0. The molecule has 0 bridgehead atoms. The van der Waals surface area contributed by atoms with Gasteiger partial charge in [0.1, 0.15) is 34.5 Å². The number of ether oxygens (including phenoxy) is 8. The Kier molecular flexibility index (Phi) is 21.7. The molecule has 0 fully saturated rings. The molecule has 14 heteroatoms. The molecule has 6 aromatic carbocycles. The van der Waals surface area contributed by atoms with Gasteiger partial charge < -0.3 is 37.9 Å². The van der Waals surface area contributed by atoms with Crippen molar-refractivity contribution < 1.29 is 66.7 Å². The van der Waals surface area contributed by atoms with Gasteiger partial charge in [0, 0.05) is 18.6 Å². The fourth-order valence-corrected chi connectivity index (χ4v) is 6.63. The first kappa shape index (κ1) is 55.2. The van der Waals surface area contributed by atoms with Crippen molar-refractivity contribution in [3.8, 4) is 34.5 Å². The predicted octanol–water partition coefficient (Wildman–Crippen LogP) is 11.7. The van der Waals surface area contributed by atoms with Crippen LogP contribution in [0.5, 0.6) is 34.5 Å². The smallest absolute Gasteiger partial charge is 0.343 e. The van der Waals surface area contributed by atoms with Crippen molar-refractivity contribution in [3.05, 3.63) is 203 Å². The van der Waals surface area contributed by atoms with Crippen LogP contribution in [-0.2, 0) is 19.1 Å². The summed E-state index contributed by atoms with van der Waals surface area (Å²) in [5.41, 5.74) is 5.33. The topological polar surface area (TPSA) is 176 Å². The summed E-state index contributed by atoms with van der Waals surface area (Å²) in [5.74, 6) is -0.0560. The Hall–Kier alpha value is -8.78. The van der Waals surface area contributed by atoms with Crippen LogP contribution >= 0.6 is 0 Å². The molecule has 14 nitrogen and oxygen atoms in total. The molecule has 0 radical (unpaired) electrons. The highest BCUT2D eigenvalue weighted by molar-refractivity contribution is 5.94. The average Bonchev–Trinajstić information content (AvgIpc) is 3.39. The molecule has 0 unspecified atom stereocenters. The number of hydrogen-bond acceptors (Lipinski definition) is 14. The van der Waals surface area contributed by atoms with Crippen molar-refractivity contribution in [2.75, 3.05) is 26.4 Å². The highest BCUT2D eigenvalue weighted by atomic mass is 16.6. The van der Waals surface area contributed by atoms with Crippen LogP contribution in [0.4, 0.5) is 0 Å². The molecule has 0 aromatic heterocycles. The number of carbonyl (C=O) groups excluding carboxylic acids is 6. The van der Waals surface area contributed by atoms with Crippen molar-refractivity contribution in [1.82, 2.24) is 0 Å². The van der Waals surface area contributed by atoms with E-state index in [0.29, 0.717) is 83.0 Å². The lowest BCUT2D eigenvalue weighted by Gasteiger charge is -2.09. The van der Waals surface area contributed by atoms with Crippen LogP contribution in [0, 0.1) is 27.7 Å². The molecule has 6 rings (SSSR count). The first-order valence-electron chi connectivity index (χ1n) is 23.5. The number of aryl methyl sites for hydroxylation is 4. The minimum absolute atomic E-state index is 0.234. The lowest BCUT2D eigenvalue weighted by molar-refractivity contribution is -0.138. The third-order valence-electron chi connectivity index (χ3n) is 10.5. The average molecular weight is 991 g/mol. The Morgan fingerprint density at radius 1 is 0.370 bits per heavy atom. The number of unbranched alkanes of at least 4 members (excludes halogenated alkanes) is 3. The largest absolute Gasteiger partial charge is 0.494 e. The van der Waals surface area contributed by atoms with Crippen molar-refractivity contribution in [2.24, 2.45) is 0 Å². The van der Waals surface area contributed by atoms with E-state index in [1.54, 1.807) is 84.9 Å². The molecule has 378 valence electrons.